The third-order valence-electron chi connectivity index (χ3n) is 3.57. The highest BCUT2D eigenvalue weighted by Crippen LogP contribution is 2.31. The van der Waals surface area contributed by atoms with Crippen LogP contribution in [0.1, 0.15) is 19.0 Å². The molecule has 0 bridgehead atoms. The van der Waals surface area contributed by atoms with E-state index in [2.05, 4.69) is 22.0 Å². The number of ether oxygens (including phenoxy) is 2. The standard InChI is InChI=1S/C17H18N4O2/c1-2-9-21(17-8-7-13(10-18)19-20-17)11-14-12-22-15-5-3-4-6-16(15)23-14/h3-8,14H,2,9,11-12H2,1H3. The van der Waals surface area contributed by atoms with E-state index >= 15 is 0 Å². The fourth-order valence-electron chi connectivity index (χ4n) is 2.52. The fourth-order valence-corrected chi connectivity index (χ4v) is 2.52. The van der Waals surface area contributed by atoms with Gasteiger partial charge in [0, 0.05) is 6.54 Å². The van der Waals surface area contributed by atoms with Gasteiger partial charge in [0.25, 0.3) is 0 Å². The Labute approximate surface area is 135 Å². The zero-order chi connectivity index (χ0) is 16.1. The normalized spacial score (nSPS) is 15.7. The number of nitriles is 1. The van der Waals surface area contributed by atoms with E-state index in [4.69, 9.17) is 14.7 Å². The van der Waals surface area contributed by atoms with Gasteiger partial charge in [0.1, 0.15) is 12.7 Å². The summed E-state index contributed by atoms with van der Waals surface area (Å²) >= 11 is 0. The van der Waals surface area contributed by atoms with Crippen molar-refractivity contribution in [2.75, 3.05) is 24.6 Å². The minimum atomic E-state index is -0.0751. The SMILES string of the molecule is CCCN(CC1COc2ccccc2O1)c1ccc(C#N)nn1. The van der Waals surface area contributed by atoms with Crippen molar-refractivity contribution in [1.29, 1.82) is 5.26 Å². The van der Waals surface area contributed by atoms with Crippen LogP contribution in [0.25, 0.3) is 0 Å². The van der Waals surface area contributed by atoms with Crippen molar-refractivity contribution in [3.63, 3.8) is 0 Å². The van der Waals surface area contributed by atoms with Crippen LogP contribution in [-0.4, -0.2) is 36.0 Å². The summed E-state index contributed by atoms with van der Waals surface area (Å²) in [5, 5.41) is 16.9. The quantitative estimate of drug-likeness (QED) is 0.844. The molecule has 3 rings (SSSR count). The second-order valence-corrected chi connectivity index (χ2v) is 5.33. The van der Waals surface area contributed by atoms with Gasteiger partial charge >= 0.3 is 0 Å². The van der Waals surface area contributed by atoms with Crippen molar-refractivity contribution in [3.8, 4) is 17.6 Å². The summed E-state index contributed by atoms with van der Waals surface area (Å²) in [4.78, 5) is 2.11. The van der Waals surface area contributed by atoms with Gasteiger partial charge in [0.2, 0.25) is 0 Å². The lowest BCUT2D eigenvalue weighted by Crippen LogP contribution is -2.41. The Hall–Kier alpha value is -2.81. The molecule has 0 fully saturated rings. The highest BCUT2D eigenvalue weighted by Gasteiger charge is 2.23. The molecular weight excluding hydrogens is 292 g/mol. The molecule has 0 spiro atoms. The number of para-hydroxylation sites is 2. The summed E-state index contributed by atoms with van der Waals surface area (Å²) in [5.74, 6) is 2.29. The molecule has 0 N–H and O–H groups in total. The monoisotopic (exact) mass is 310 g/mol. The lowest BCUT2D eigenvalue weighted by atomic mass is 10.2. The van der Waals surface area contributed by atoms with E-state index in [0.29, 0.717) is 18.8 Å². The van der Waals surface area contributed by atoms with Crippen molar-refractivity contribution in [2.45, 2.75) is 19.4 Å². The molecule has 2 aromatic rings. The van der Waals surface area contributed by atoms with Crippen molar-refractivity contribution >= 4 is 5.82 Å². The number of benzene rings is 1. The molecule has 1 atom stereocenters. The van der Waals surface area contributed by atoms with Crippen LogP contribution in [0.5, 0.6) is 11.5 Å². The summed E-state index contributed by atoms with van der Waals surface area (Å²) in [6.07, 6.45) is 0.903. The number of aromatic nitrogens is 2. The van der Waals surface area contributed by atoms with Gasteiger partial charge < -0.3 is 14.4 Å². The van der Waals surface area contributed by atoms with Gasteiger partial charge in [-0.25, -0.2) is 0 Å². The van der Waals surface area contributed by atoms with E-state index in [-0.39, 0.29) is 6.10 Å². The Morgan fingerprint density at radius 1 is 1.22 bits per heavy atom. The van der Waals surface area contributed by atoms with Gasteiger partial charge in [-0.05, 0) is 30.7 Å². The highest BCUT2D eigenvalue weighted by molar-refractivity contribution is 5.42. The molecule has 118 valence electrons. The predicted octanol–water partition coefficient (Wildman–Crippen LogP) is 2.40. The van der Waals surface area contributed by atoms with Crippen LogP contribution in [0.2, 0.25) is 0 Å². The van der Waals surface area contributed by atoms with Crippen molar-refractivity contribution in [2.24, 2.45) is 0 Å². The predicted molar refractivity (Wildman–Crippen MR) is 85.6 cm³/mol. The van der Waals surface area contributed by atoms with Crippen LogP contribution in [-0.2, 0) is 0 Å². The van der Waals surface area contributed by atoms with E-state index < -0.39 is 0 Å². The Balaban J connectivity index is 1.71. The first-order chi connectivity index (χ1) is 11.3. The first kappa shape index (κ1) is 15.1. The summed E-state index contributed by atoms with van der Waals surface area (Å²) in [6, 6.07) is 13.2. The number of anilines is 1. The van der Waals surface area contributed by atoms with Gasteiger partial charge in [-0.1, -0.05) is 19.1 Å². The molecule has 6 heteroatoms. The zero-order valence-electron chi connectivity index (χ0n) is 13.0. The van der Waals surface area contributed by atoms with Crippen molar-refractivity contribution in [1.82, 2.24) is 10.2 Å². The fraction of sp³-hybridized carbons (Fsp3) is 0.353. The van der Waals surface area contributed by atoms with E-state index in [9.17, 15) is 0 Å². The third-order valence-corrected chi connectivity index (χ3v) is 3.57. The number of fused-ring (bicyclic) bond motifs is 1. The number of hydrogen-bond acceptors (Lipinski definition) is 6. The molecule has 0 amide bonds. The Morgan fingerprint density at radius 2 is 2.04 bits per heavy atom. The number of nitrogens with zero attached hydrogens (tertiary/aromatic N) is 4. The van der Waals surface area contributed by atoms with Crippen LogP contribution < -0.4 is 14.4 Å². The first-order valence-corrected chi connectivity index (χ1v) is 7.67. The van der Waals surface area contributed by atoms with Crippen LogP contribution in [0, 0.1) is 11.3 Å². The summed E-state index contributed by atoms with van der Waals surface area (Å²) in [6.45, 7) is 4.10. The molecule has 23 heavy (non-hydrogen) atoms. The lowest BCUT2D eigenvalue weighted by molar-refractivity contribution is 0.0951. The molecule has 6 nitrogen and oxygen atoms in total. The van der Waals surface area contributed by atoms with Gasteiger partial charge in [0.05, 0.1) is 6.54 Å². The molecule has 1 aromatic carbocycles. The van der Waals surface area contributed by atoms with Crippen LogP contribution in [0.15, 0.2) is 36.4 Å². The van der Waals surface area contributed by atoms with E-state index in [1.165, 1.54) is 0 Å². The topological polar surface area (TPSA) is 71.3 Å². The molecule has 0 saturated carbocycles. The molecule has 1 unspecified atom stereocenters. The smallest absolute Gasteiger partial charge is 0.163 e. The molecule has 1 aromatic heterocycles. The Kier molecular flexibility index (Phi) is 4.57. The van der Waals surface area contributed by atoms with Gasteiger partial charge in [-0.2, -0.15) is 5.26 Å². The van der Waals surface area contributed by atoms with Gasteiger partial charge in [-0.15, -0.1) is 10.2 Å². The number of hydrogen-bond donors (Lipinski definition) is 0. The third kappa shape index (κ3) is 3.51. The van der Waals surface area contributed by atoms with E-state index in [0.717, 1.165) is 30.3 Å². The molecule has 2 heterocycles. The zero-order valence-corrected chi connectivity index (χ0v) is 13.0. The Morgan fingerprint density at radius 3 is 2.74 bits per heavy atom. The van der Waals surface area contributed by atoms with Gasteiger partial charge in [-0.3, -0.25) is 0 Å². The first-order valence-electron chi connectivity index (χ1n) is 7.67. The average Bonchev–Trinajstić information content (AvgIpc) is 2.61. The van der Waals surface area contributed by atoms with Crippen LogP contribution in [0.4, 0.5) is 5.82 Å². The molecule has 0 saturated heterocycles. The van der Waals surface area contributed by atoms with Crippen LogP contribution >= 0.6 is 0 Å². The number of rotatable bonds is 5. The highest BCUT2D eigenvalue weighted by atomic mass is 16.6. The summed E-state index contributed by atoms with van der Waals surface area (Å²) < 4.78 is 11.8. The van der Waals surface area contributed by atoms with Crippen molar-refractivity contribution < 1.29 is 9.47 Å². The van der Waals surface area contributed by atoms with Crippen molar-refractivity contribution in [3.05, 3.63) is 42.1 Å². The average molecular weight is 310 g/mol. The van der Waals surface area contributed by atoms with Gasteiger partial charge in [0.15, 0.2) is 29.1 Å². The molecule has 1 aliphatic rings. The molecule has 1 aliphatic heterocycles. The summed E-state index contributed by atoms with van der Waals surface area (Å²) in [5.41, 5.74) is 0.316. The van der Waals surface area contributed by atoms with E-state index in [1.807, 2.05) is 36.4 Å². The minimum absolute atomic E-state index is 0.0751. The maximum atomic E-state index is 8.82. The minimum Gasteiger partial charge on any atom is -0.486 e. The molecule has 0 aliphatic carbocycles. The molecule has 0 radical (unpaired) electrons. The lowest BCUT2D eigenvalue weighted by Gasteiger charge is -2.31. The second-order valence-electron chi connectivity index (χ2n) is 5.33. The largest absolute Gasteiger partial charge is 0.486 e. The maximum Gasteiger partial charge on any atom is 0.163 e. The second kappa shape index (κ2) is 6.97. The summed E-state index contributed by atoms with van der Waals surface area (Å²) in [7, 11) is 0. The maximum absolute atomic E-state index is 8.82. The van der Waals surface area contributed by atoms with Crippen LogP contribution in [0.3, 0.4) is 0 Å². The molecular formula is C17H18N4O2. The van der Waals surface area contributed by atoms with E-state index in [1.54, 1.807) is 6.07 Å². The Bertz CT molecular complexity index is 696.